The Labute approximate surface area is 72.6 Å². The van der Waals surface area contributed by atoms with Crippen LogP contribution in [0.15, 0.2) is 11.9 Å². The summed E-state index contributed by atoms with van der Waals surface area (Å²) in [6, 6.07) is 0. The second kappa shape index (κ2) is 5.42. The molecule has 1 amide bonds. The molecule has 0 unspecified atom stereocenters. The van der Waals surface area contributed by atoms with Crippen molar-refractivity contribution in [3.8, 4) is 0 Å². The van der Waals surface area contributed by atoms with Crippen LogP contribution in [-0.2, 0) is 4.79 Å². The number of rotatable bonds is 4. The molecule has 0 saturated heterocycles. The Hall–Kier alpha value is -1.23. The van der Waals surface area contributed by atoms with Gasteiger partial charge in [0.1, 0.15) is 0 Å². The van der Waals surface area contributed by atoms with Crippen LogP contribution in [0.3, 0.4) is 0 Å². The Morgan fingerprint density at radius 1 is 1.58 bits per heavy atom. The van der Waals surface area contributed by atoms with E-state index in [2.05, 4.69) is 10.7 Å². The number of nitrogens with two attached hydrogens (primary N) is 1. The predicted molar refractivity (Wildman–Crippen MR) is 47.8 cm³/mol. The summed E-state index contributed by atoms with van der Waals surface area (Å²) in [5.74, 6) is 4.75. The summed E-state index contributed by atoms with van der Waals surface area (Å²) in [7, 11) is 5.52. The summed E-state index contributed by atoms with van der Waals surface area (Å²) in [5.41, 5.74) is 2.95. The molecule has 4 N–H and O–H groups in total. The van der Waals surface area contributed by atoms with Crippen LogP contribution < -0.4 is 16.6 Å². The van der Waals surface area contributed by atoms with Crippen molar-refractivity contribution in [3.63, 3.8) is 0 Å². The van der Waals surface area contributed by atoms with Gasteiger partial charge in [-0.3, -0.25) is 10.2 Å². The molecule has 0 spiro atoms. The molecule has 0 aromatic heterocycles. The molecule has 0 bridgehead atoms. The van der Waals surface area contributed by atoms with Crippen LogP contribution in [0.2, 0.25) is 0 Å². The molecule has 5 nitrogen and oxygen atoms in total. The zero-order valence-corrected chi connectivity index (χ0v) is 7.72. The fraction of sp³-hybridized carbons (Fsp3) is 0.571. The first-order valence-corrected chi connectivity index (χ1v) is 3.65. The first-order chi connectivity index (χ1) is 5.61. The van der Waals surface area contributed by atoms with Gasteiger partial charge in [0.25, 0.3) is 0 Å². The van der Waals surface area contributed by atoms with Gasteiger partial charge in [-0.25, -0.2) is 5.84 Å². The van der Waals surface area contributed by atoms with E-state index in [0.29, 0.717) is 0 Å². The van der Waals surface area contributed by atoms with Crippen LogP contribution in [0.25, 0.3) is 0 Å². The normalized spacial score (nSPS) is 10.8. The van der Waals surface area contributed by atoms with Gasteiger partial charge in [-0.15, -0.1) is 0 Å². The first-order valence-electron chi connectivity index (χ1n) is 3.65. The molecule has 0 aliphatic heterocycles. The van der Waals surface area contributed by atoms with Crippen molar-refractivity contribution in [1.29, 1.82) is 0 Å². The van der Waals surface area contributed by atoms with Gasteiger partial charge in [0, 0.05) is 33.0 Å². The summed E-state index contributed by atoms with van der Waals surface area (Å²) in [5, 5.41) is 2.85. The minimum atomic E-state index is -0.204. The molecule has 0 heterocycles. The number of amides is 1. The molecule has 0 aliphatic carbocycles. The average molecular weight is 172 g/mol. The highest BCUT2D eigenvalue weighted by molar-refractivity contribution is 5.77. The Balaban J connectivity index is 4.14. The maximum Gasteiger partial charge on any atom is 0.239 e. The standard InChI is InChI=1S/C7H16N4O/c1-9-5-6(11(2)3)4-7(12)10-8/h5,9H,4,8H2,1-3H3,(H,10,12)/b6-5-. The Kier molecular flexibility index (Phi) is 4.87. The van der Waals surface area contributed by atoms with E-state index in [-0.39, 0.29) is 12.3 Å². The molecular weight excluding hydrogens is 156 g/mol. The maximum absolute atomic E-state index is 10.9. The van der Waals surface area contributed by atoms with Gasteiger partial charge in [0.2, 0.25) is 5.91 Å². The van der Waals surface area contributed by atoms with Crippen molar-refractivity contribution < 1.29 is 4.79 Å². The molecule has 0 saturated carbocycles. The van der Waals surface area contributed by atoms with Crippen LogP contribution in [0.5, 0.6) is 0 Å². The summed E-state index contributed by atoms with van der Waals surface area (Å²) in [4.78, 5) is 12.7. The molecular formula is C7H16N4O. The van der Waals surface area contributed by atoms with E-state index in [1.807, 2.05) is 19.0 Å². The lowest BCUT2D eigenvalue weighted by molar-refractivity contribution is -0.120. The third kappa shape index (κ3) is 3.82. The molecule has 0 atom stereocenters. The molecule has 0 aliphatic rings. The number of hydrogen-bond acceptors (Lipinski definition) is 4. The minimum absolute atomic E-state index is 0.204. The van der Waals surface area contributed by atoms with Crippen molar-refractivity contribution in [2.45, 2.75) is 6.42 Å². The quantitative estimate of drug-likeness (QED) is 0.289. The lowest BCUT2D eigenvalue weighted by Crippen LogP contribution is -2.32. The van der Waals surface area contributed by atoms with E-state index in [0.717, 1.165) is 5.70 Å². The summed E-state index contributed by atoms with van der Waals surface area (Å²) < 4.78 is 0. The van der Waals surface area contributed by atoms with E-state index in [1.165, 1.54) is 0 Å². The minimum Gasteiger partial charge on any atom is -0.393 e. The highest BCUT2D eigenvalue weighted by Gasteiger charge is 2.05. The number of nitrogens with zero attached hydrogens (tertiary/aromatic N) is 1. The smallest absolute Gasteiger partial charge is 0.239 e. The predicted octanol–water partition coefficient (Wildman–Crippen LogP) is -1.01. The van der Waals surface area contributed by atoms with Gasteiger partial charge in [-0.2, -0.15) is 0 Å². The summed E-state index contributed by atoms with van der Waals surface area (Å²) in [6.45, 7) is 0. The van der Waals surface area contributed by atoms with Crippen molar-refractivity contribution >= 4 is 5.91 Å². The highest BCUT2D eigenvalue weighted by atomic mass is 16.2. The van der Waals surface area contributed by atoms with E-state index in [9.17, 15) is 4.79 Å². The van der Waals surface area contributed by atoms with Crippen molar-refractivity contribution in [2.75, 3.05) is 21.1 Å². The Bertz CT molecular complexity index is 176. The third-order valence-electron chi connectivity index (χ3n) is 1.39. The number of carbonyl (C=O) groups is 1. The van der Waals surface area contributed by atoms with Gasteiger partial charge in [0.05, 0.1) is 6.42 Å². The molecule has 12 heavy (non-hydrogen) atoms. The highest BCUT2D eigenvalue weighted by Crippen LogP contribution is 2.01. The second-order valence-corrected chi connectivity index (χ2v) is 2.56. The van der Waals surface area contributed by atoms with Crippen molar-refractivity contribution in [3.05, 3.63) is 11.9 Å². The van der Waals surface area contributed by atoms with Crippen LogP contribution >= 0.6 is 0 Å². The van der Waals surface area contributed by atoms with Crippen LogP contribution in [0.4, 0.5) is 0 Å². The van der Waals surface area contributed by atoms with Gasteiger partial charge >= 0.3 is 0 Å². The zero-order chi connectivity index (χ0) is 9.56. The maximum atomic E-state index is 10.9. The van der Waals surface area contributed by atoms with Crippen LogP contribution in [-0.4, -0.2) is 32.0 Å². The van der Waals surface area contributed by atoms with E-state index >= 15 is 0 Å². The molecule has 0 aromatic rings. The van der Waals surface area contributed by atoms with Crippen LogP contribution in [0, 0.1) is 0 Å². The monoisotopic (exact) mass is 172 g/mol. The van der Waals surface area contributed by atoms with Gasteiger partial charge in [0.15, 0.2) is 0 Å². The van der Waals surface area contributed by atoms with Crippen LogP contribution in [0.1, 0.15) is 6.42 Å². The van der Waals surface area contributed by atoms with Gasteiger partial charge in [-0.1, -0.05) is 0 Å². The largest absolute Gasteiger partial charge is 0.393 e. The lowest BCUT2D eigenvalue weighted by Gasteiger charge is -2.16. The Morgan fingerprint density at radius 2 is 2.17 bits per heavy atom. The molecule has 0 rings (SSSR count). The molecule has 5 heteroatoms. The van der Waals surface area contributed by atoms with E-state index in [4.69, 9.17) is 5.84 Å². The van der Waals surface area contributed by atoms with Crippen molar-refractivity contribution in [1.82, 2.24) is 15.6 Å². The average Bonchev–Trinajstić information content (AvgIpc) is 2.03. The number of hydrazine groups is 1. The van der Waals surface area contributed by atoms with E-state index in [1.54, 1.807) is 13.2 Å². The molecule has 0 aromatic carbocycles. The SMILES string of the molecule is CN/C=C(/CC(=O)NN)N(C)C. The lowest BCUT2D eigenvalue weighted by atomic mass is 10.3. The van der Waals surface area contributed by atoms with Gasteiger partial charge in [-0.05, 0) is 0 Å². The number of nitrogens with one attached hydrogen (secondary N) is 2. The second-order valence-electron chi connectivity index (χ2n) is 2.56. The van der Waals surface area contributed by atoms with Crippen molar-refractivity contribution in [2.24, 2.45) is 5.84 Å². The summed E-state index contributed by atoms with van der Waals surface area (Å²) >= 11 is 0. The number of carbonyl (C=O) groups excluding carboxylic acids is 1. The third-order valence-corrected chi connectivity index (χ3v) is 1.39. The topological polar surface area (TPSA) is 70.4 Å². The molecule has 0 fully saturated rings. The summed E-state index contributed by atoms with van der Waals surface area (Å²) in [6.07, 6.45) is 2.04. The van der Waals surface area contributed by atoms with E-state index < -0.39 is 0 Å². The molecule has 0 radical (unpaired) electrons. The first kappa shape index (κ1) is 10.8. The van der Waals surface area contributed by atoms with Gasteiger partial charge < -0.3 is 10.2 Å². The fourth-order valence-corrected chi connectivity index (χ4v) is 0.720. The fourth-order valence-electron chi connectivity index (χ4n) is 0.720. The Morgan fingerprint density at radius 3 is 2.50 bits per heavy atom. The number of hydrogen-bond donors (Lipinski definition) is 3. The molecule has 70 valence electrons. The zero-order valence-electron chi connectivity index (χ0n) is 7.72.